The highest BCUT2D eigenvalue weighted by Gasteiger charge is 2.23. The molecule has 0 amide bonds. The van der Waals surface area contributed by atoms with Crippen LogP contribution in [0, 0.1) is 12.7 Å². The summed E-state index contributed by atoms with van der Waals surface area (Å²) < 4.78 is 25.5. The highest BCUT2D eigenvalue weighted by Crippen LogP contribution is 2.28. The van der Waals surface area contributed by atoms with E-state index in [0.717, 1.165) is 12.5 Å². The molecule has 2 rings (SSSR count). The summed E-state index contributed by atoms with van der Waals surface area (Å²) in [6.07, 6.45) is 1.15. The fourth-order valence-corrected chi connectivity index (χ4v) is 3.25. The number of carboxylic acid groups (broad SMARTS) is 2. The van der Waals surface area contributed by atoms with E-state index in [9.17, 15) is 23.9 Å². The minimum atomic E-state index is -1.58. The molecule has 0 spiro atoms. The van der Waals surface area contributed by atoms with Gasteiger partial charge in [0.05, 0.1) is 12.2 Å². The predicted octanol–water partition coefficient (Wildman–Crippen LogP) is 4.29. The summed E-state index contributed by atoms with van der Waals surface area (Å²) in [5.74, 6) is -4.84. The topological polar surface area (TPSA) is 110 Å². The first-order valence-electron chi connectivity index (χ1n) is 9.91. The van der Waals surface area contributed by atoms with Gasteiger partial charge in [-0.2, -0.15) is 0 Å². The minimum absolute atomic E-state index is 0.0499. The van der Waals surface area contributed by atoms with Gasteiger partial charge in [0, 0.05) is 6.42 Å². The maximum absolute atomic E-state index is 14.2. The first-order chi connectivity index (χ1) is 14.7. The number of hydrogen-bond donors (Lipinski definition) is 2. The Morgan fingerprint density at radius 1 is 1.06 bits per heavy atom. The summed E-state index contributed by atoms with van der Waals surface area (Å²) in [4.78, 5) is 34.4. The molecular formula is C23H25FO7. The lowest BCUT2D eigenvalue weighted by atomic mass is 10.0. The van der Waals surface area contributed by atoms with Crippen LogP contribution in [0.4, 0.5) is 4.39 Å². The van der Waals surface area contributed by atoms with Crippen LogP contribution >= 0.6 is 0 Å². The first kappa shape index (κ1) is 23.9. The Kier molecular flexibility index (Phi) is 8.13. The van der Waals surface area contributed by atoms with Crippen molar-refractivity contribution in [1.29, 1.82) is 0 Å². The molecule has 7 nitrogen and oxygen atoms in total. The van der Waals surface area contributed by atoms with Crippen LogP contribution in [0.15, 0.2) is 30.3 Å². The summed E-state index contributed by atoms with van der Waals surface area (Å²) >= 11 is 0. The van der Waals surface area contributed by atoms with Gasteiger partial charge in [-0.25, -0.2) is 14.0 Å². The molecule has 1 atom stereocenters. The maximum Gasteiger partial charge on any atom is 0.377 e. The zero-order chi connectivity index (χ0) is 23.1. The molecule has 0 aliphatic heterocycles. The number of aryl methyl sites for hydroxylation is 1. The van der Waals surface area contributed by atoms with Crippen molar-refractivity contribution in [3.8, 4) is 11.5 Å². The molecule has 0 saturated carbocycles. The van der Waals surface area contributed by atoms with E-state index < -0.39 is 35.2 Å². The average Bonchev–Trinajstić information content (AvgIpc) is 2.67. The smallest absolute Gasteiger partial charge is 0.377 e. The van der Waals surface area contributed by atoms with Crippen molar-refractivity contribution in [1.82, 2.24) is 0 Å². The van der Waals surface area contributed by atoms with E-state index in [1.807, 2.05) is 6.92 Å². The minimum Gasteiger partial charge on any atom is -0.493 e. The molecule has 0 aliphatic rings. The van der Waals surface area contributed by atoms with E-state index >= 15 is 0 Å². The van der Waals surface area contributed by atoms with Crippen molar-refractivity contribution in [3.05, 3.63) is 58.4 Å². The average molecular weight is 432 g/mol. The molecule has 0 bridgehead atoms. The zero-order valence-electron chi connectivity index (χ0n) is 17.6. The van der Waals surface area contributed by atoms with E-state index in [0.29, 0.717) is 24.0 Å². The molecule has 0 aliphatic carbocycles. The van der Waals surface area contributed by atoms with E-state index in [2.05, 4.69) is 0 Å². The maximum atomic E-state index is 14.2. The second-order valence-electron chi connectivity index (χ2n) is 7.06. The molecule has 31 heavy (non-hydrogen) atoms. The van der Waals surface area contributed by atoms with Crippen molar-refractivity contribution >= 4 is 17.7 Å². The number of carboxylic acids is 2. The van der Waals surface area contributed by atoms with Crippen molar-refractivity contribution in [3.63, 3.8) is 0 Å². The van der Waals surface area contributed by atoms with Crippen LogP contribution in [0.3, 0.4) is 0 Å². The van der Waals surface area contributed by atoms with Crippen molar-refractivity contribution in [2.75, 3.05) is 6.61 Å². The van der Waals surface area contributed by atoms with Crippen LogP contribution in [-0.4, -0.2) is 40.6 Å². The molecule has 0 heterocycles. The number of carbonyl (C=O) groups excluding carboxylic acids is 1. The Morgan fingerprint density at radius 2 is 1.77 bits per heavy atom. The van der Waals surface area contributed by atoms with Crippen molar-refractivity contribution in [2.24, 2.45) is 0 Å². The van der Waals surface area contributed by atoms with Crippen LogP contribution in [0.1, 0.15) is 58.5 Å². The molecule has 0 radical (unpaired) electrons. The molecule has 2 aromatic rings. The predicted molar refractivity (Wildman–Crippen MR) is 111 cm³/mol. The Bertz CT molecular complexity index is 984. The third-order valence-corrected chi connectivity index (χ3v) is 4.56. The molecule has 0 aromatic heterocycles. The van der Waals surface area contributed by atoms with E-state index in [1.54, 1.807) is 26.0 Å². The lowest BCUT2D eigenvalue weighted by Crippen LogP contribution is -2.22. The fourth-order valence-electron chi connectivity index (χ4n) is 3.25. The molecule has 0 saturated heterocycles. The van der Waals surface area contributed by atoms with Crippen LogP contribution in [0.5, 0.6) is 11.5 Å². The third kappa shape index (κ3) is 6.04. The van der Waals surface area contributed by atoms with Gasteiger partial charge in [0.1, 0.15) is 29.0 Å². The summed E-state index contributed by atoms with van der Waals surface area (Å²) in [7, 11) is 0. The number of Topliss-reactive ketones (excluding diaryl/α,β-unsaturated/α-hetero) is 1. The number of rotatable bonds is 11. The standard InChI is InChI=1S/C23H25FO7/c1-4-6-15(31-19-10-13(3)9-17(24)20(19)22(26)27)11-14-7-8-16(21(25)23(28)29)18(12-14)30-5-2/h7-10,12,15H,4-6,11H2,1-3H3,(H,26,27)(H,28,29). The summed E-state index contributed by atoms with van der Waals surface area (Å²) in [5.41, 5.74) is 0.654. The van der Waals surface area contributed by atoms with Gasteiger partial charge in [-0.3, -0.25) is 4.79 Å². The van der Waals surface area contributed by atoms with Gasteiger partial charge in [0.2, 0.25) is 0 Å². The van der Waals surface area contributed by atoms with Crippen LogP contribution in [0.25, 0.3) is 0 Å². The van der Waals surface area contributed by atoms with E-state index in [-0.39, 0.29) is 23.7 Å². The van der Waals surface area contributed by atoms with E-state index in [1.165, 1.54) is 12.1 Å². The Labute approximate surface area is 179 Å². The Balaban J connectivity index is 2.36. The third-order valence-electron chi connectivity index (χ3n) is 4.56. The van der Waals surface area contributed by atoms with Gasteiger partial charge in [-0.1, -0.05) is 19.4 Å². The molecular weight excluding hydrogens is 407 g/mol. The van der Waals surface area contributed by atoms with Gasteiger partial charge in [0.15, 0.2) is 0 Å². The van der Waals surface area contributed by atoms with E-state index in [4.69, 9.17) is 14.6 Å². The summed E-state index contributed by atoms with van der Waals surface area (Å²) in [6, 6.07) is 7.17. The monoisotopic (exact) mass is 432 g/mol. The number of hydrogen-bond acceptors (Lipinski definition) is 5. The largest absolute Gasteiger partial charge is 0.493 e. The van der Waals surface area contributed by atoms with Crippen LogP contribution in [-0.2, 0) is 11.2 Å². The Hall–Kier alpha value is -3.42. The van der Waals surface area contributed by atoms with Crippen molar-refractivity contribution < 1.29 is 38.5 Å². The van der Waals surface area contributed by atoms with Crippen LogP contribution in [0.2, 0.25) is 0 Å². The van der Waals surface area contributed by atoms with Gasteiger partial charge >= 0.3 is 11.9 Å². The number of carbonyl (C=O) groups is 3. The summed E-state index contributed by atoms with van der Waals surface area (Å²) in [6.45, 7) is 5.53. The highest BCUT2D eigenvalue weighted by atomic mass is 19.1. The van der Waals surface area contributed by atoms with Crippen molar-refractivity contribution in [2.45, 2.75) is 46.1 Å². The molecule has 2 aromatic carbocycles. The first-order valence-corrected chi connectivity index (χ1v) is 9.91. The second-order valence-corrected chi connectivity index (χ2v) is 7.06. The second kappa shape index (κ2) is 10.6. The fraction of sp³-hybridized carbons (Fsp3) is 0.348. The van der Waals surface area contributed by atoms with Gasteiger partial charge < -0.3 is 19.7 Å². The number of aromatic carboxylic acids is 1. The number of halogens is 1. The molecule has 166 valence electrons. The number of benzene rings is 2. The number of ether oxygens (including phenoxy) is 2. The van der Waals surface area contributed by atoms with Gasteiger partial charge in [-0.05, 0) is 55.7 Å². The van der Waals surface area contributed by atoms with Gasteiger partial charge in [-0.15, -0.1) is 0 Å². The highest BCUT2D eigenvalue weighted by molar-refractivity contribution is 6.40. The Morgan fingerprint density at radius 3 is 2.35 bits per heavy atom. The summed E-state index contributed by atoms with van der Waals surface area (Å²) in [5, 5.41) is 18.4. The number of ketones is 1. The SMILES string of the molecule is CCCC(Cc1ccc(C(=O)C(=O)O)c(OCC)c1)Oc1cc(C)cc(F)c1C(=O)O. The molecule has 8 heteroatoms. The molecule has 2 N–H and O–H groups in total. The quantitative estimate of drug-likeness (QED) is 0.403. The number of aliphatic carboxylic acids is 1. The lowest BCUT2D eigenvalue weighted by molar-refractivity contribution is -0.131. The molecule has 0 fully saturated rings. The lowest BCUT2D eigenvalue weighted by Gasteiger charge is -2.21. The molecule has 1 unspecified atom stereocenters. The normalized spacial score (nSPS) is 11.6. The van der Waals surface area contributed by atoms with Crippen LogP contribution < -0.4 is 9.47 Å². The van der Waals surface area contributed by atoms with Gasteiger partial charge in [0.25, 0.3) is 5.78 Å². The zero-order valence-corrected chi connectivity index (χ0v) is 17.6.